The molecule has 0 aromatic heterocycles. The van der Waals surface area contributed by atoms with E-state index in [9.17, 15) is 9.59 Å². The summed E-state index contributed by atoms with van der Waals surface area (Å²) < 4.78 is 6.32. The maximum absolute atomic E-state index is 13.0. The Morgan fingerprint density at radius 3 is 2.76 bits per heavy atom. The predicted molar refractivity (Wildman–Crippen MR) is 128 cm³/mol. The average Bonchev–Trinajstić information content (AvgIpc) is 3.10. The van der Waals surface area contributed by atoms with Crippen molar-refractivity contribution in [1.29, 1.82) is 0 Å². The van der Waals surface area contributed by atoms with E-state index in [-0.39, 0.29) is 11.8 Å². The standard InChI is InChI=1S/C26H36N4O3/c1-3-4-5-23(24(31)27-2)30-15-18-12-19(6-7-22(18)25(30)32)29-16-26(17-29)13-21(14-26)33-20-8-10-28-11-9-20/h3,6-7,12,20-21,23,28H,1,4-5,8-11,13-17H2,2H3,(H,27,31). The summed E-state index contributed by atoms with van der Waals surface area (Å²) in [5.41, 5.74) is 3.33. The number of ether oxygens (including phenoxy) is 1. The first kappa shape index (κ1) is 22.4. The fourth-order valence-corrected chi connectivity index (χ4v) is 6.06. The van der Waals surface area contributed by atoms with Crippen molar-refractivity contribution in [2.24, 2.45) is 5.41 Å². The number of piperidine rings is 1. The number of rotatable bonds is 8. The number of amides is 2. The average molecular weight is 453 g/mol. The molecule has 7 nitrogen and oxygen atoms in total. The largest absolute Gasteiger partial charge is 0.375 e. The van der Waals surface area contributed by atoms with Crippen LogP contribution < -0.4 is 15.5 Å². The lowest BCUT2D eigenvalue weighted by atomic mass is 9.61. The molecule has 5 rings (SSSR count). The molecule has 4 aliphatic rings. The lowest BCUT2D eigenvalue weighted by Gasteiger charge is -2.60. The molecule has 0 bridgehead atoms. The van der Waals surface area contributed by atoms with Crippen LogP contribution in [-0.4, -0.2) is 68.2 Å². The second-order valence-corrected chi connectivity index (χ2v) is 10.2. The summed E-state index contributed by atoms with van der Waals surface area (Å²) in [7, 11) is 1.62. The first-order valence-electron chi connectivity index (χ1n) is 12.4. The summed E-state index contributed by atoms with van der Waals surface area (Å²) >= 11 is 0. The first-order valence-corrected chi connectivity index (χ1v) is 12.4. The third-order valence-electron chi connectivity index (χ3n) is 7.90. The van der Waals surface area contributed by atoms with Crippen LogP contribution in [0.1, 0.15) is 54.4 Å². The van der Waals surface area contributed by atoms with Gasteiger partial charge in [-0.05, 0) is 75.4 Å². The summed E-state index contributed by atoms with van der Waals surface area (Å²) in [6.07, 6.45) is 8.55. The number of hydrogen-bond acceptors (Lipinski definition) is 5. The van der Waals surface area contributed by atoms with Crippen molar-refractivity contribution < 1.29 is 14.3 Å². The van der Waals surface area contributed by atoms with E-state index in [0.717, 1.165) is 50.1 Å². The third kappa shape index (κ3) is 4.28. The molecule has 1 aliphatic carbocycles. The molecule has 1 atom stereocenters. The highest BCUT2D eigenvalue weighted by molar-refractivity contribution is 6.01. The number of nitrogens with zero attached hydrogens (tertiary/aromatic N) is 2. The van der Waals surface area contributed by atoms with Crippen molar-refractivity contribution in [2.45, 2.75) is 63.3 Å². The zero-order valence-corrected chi connectivity index (χ0v) is 19.6. The van der Waals surface area contributed by atoms with Crippen LogP contribution in [0.3, 0.4) is 0 Å². The Bertz CT molecular complexity index is 912. The van der Waals surface area contributed by atoms with Crippen LogP contribution in [-0.2, 0) is 16.1 Å². The minimum atomic E-state index is -0.463. The molecule has 3 aliphatic heterocycles. The highest BCUT2D eigenvalue weighted by atomic mass is 16.5. The molecule has 178 valence electrons. The third-order valence-corrected chi connectivity index (χ3v) is 7.90. The zero-order chi connectivity index (χ0) is 23.0. The normalized spacial score (nSPS) is 23.1. The summed E-state index contributed by atoms with van der Waals surface area (Å²) in [4.78, 5) is 29.6. The molecule has 1 unspecified atom stereocenters. The van der Waals surface area contributed by atoms with Crippen LogP contribution in [0.5, 0.6) is 0 Å². The molecular weight excluding hydrogens is 416 g/mol. The van der Waals surface area contributed by atoms with Gasteiger partial charge in [-0.3, -0.25) is 9.59 Å². The number of allylic oxidation sites excluding steroid dienone is 1. The Morgan fingerprint density at radius 1 is 1.30 bits per heavy atom. The summed E-state index contributed by atoms with van der Waals surface area (Å²) in [5.74, 6) is -0.166. The van der Waals surface area contributed by atoms with Gasteiger partial charge < -0.3 is 25.2 Å². The van der Waals surface area contributed by atoms with Crippen molar-refractivity contribution in [3.8, 4) is 0 Å². The van der Waals surface area contributed by atoms with Gasteiger partial charge in [0.05, 0.1) is 12.2 Å². The van der Waals surface area contributed by atoms with Gasteiger partial charge in [-0.1, -0.05) is 6.08 Å². The van der Waals surface area contributed by atoms with Crippen LogP contribution in [0.2, 0.25) is 0 Å². The summed E-state index contributed by atoms with van der Waals surface area (Å²) in [5, 5.41) is 6.11. The molecule has 1 spiro atoms. The van der Waals surface area contributed by atoms with Gasteiger partial charge in [-0.15, -0.1) is 6.58 Å². The predicted octanol–water partition coefficient (Wildman–Crippen LogP) is 2.46. The van der Waals surface area contributed by atoms with Crippen molar-refractivity contribution in [3.05, 3.63) is 42.0 Å². The van der Waals surface area contributed by atoms with Crippen LogP contribution in [0.4, 0.5) is 5.69 Å². The summed E-state index contributed by atoms with van der Waals surface area (Å²) in [6, 6.07) is 5.69. The van der Waals surface area contributed by atoms with Gasteiger partial charge in [-0.2, -0.15) is 0 Å². The van der Waals surface area contributed by atoms with E-state index >= 15 is 0 Å². The van der Waals surface area contributed by atoms with Gasteiger partial charge in [-0.25, -0.2) is 0 Å². The summed E-state index contributed by atoms with van der Waals surface area (Å²) in [6.45, 7) is 8.53. The molecule has 7 heteroatoms. The van der Waals surface area contributed by atoms with Gasteiger partial charge in [0.25, 0.3) is 5.91 Å². The van der Waals surface area contributed by atoms with E-state index in [2.05, 4.69) is 34.2 Å². The first-order chi connectivity index (χ1) is 16.0. The van der Waals surface area contributed by atoms with E-state index in [1.54, 1.807) is 18.0 Å². The number of carbonyl (C=O) groups excluding carboxylic acids is 2. The molecule has 3 fully saturated rings. The molecule has 2 saturated heterocycles. The van der Waals surface area contributed by atoms with Crippen LogP contribution >= 0.6 is 0 Å². The number of nitrogens with one attached hydrogen (secondary N) is 2. The number of hydrogen-bond donors (Lipinski definition) is 2. The smallest absolute Gasteiger partial charge is 0.255 e. The Morgan fingerprint density at radius 2 is 2.06 bits per heavy atom. The number of anilines is 1. The number of likely N-dealkylation sites (N-methyl/N-ethyl adjacent to an activating group) is 1. The quantitative estimate of drug-likeness (QED) is 0.593. The Hall–Kier alpha value is -2.38. The van der Waals surface area contributed by atoms with E-state index in [4.69, 9.17) is 4.74 Å². The molecular formula is C26H36N4O3. The monoisotopic (exact) mass is 452 g/mol. The molecule has 1 aromatic carbocycles. The van der Waals surface area contributed by atoms with Crippen LogP contribution in [0.25, 0.3) is 0 Å². The molecule has 33 heavy (non-hydrogen) atoms. The van der Waals surface area contributed by atoms with E-state index < -0.39 is 6.04 Å². The van der Waals surface area contributed by atoms with Crippen molar-refractivity contribution in [1.82, 2.24) is 15.5 Å². The van der Waals surface area contributed by atoms with Gasteiger partial charge in [0.1, 0.15) is 6.04 Å². The van der Waals surface area contributed by atoms with Crippen molar-refractivity contribution in [2.75, 3.05) is 38.1 Å². The van der Waals surface area contributed by atoms with E-state index in [0.29, 0.717) is 37.0 Å². The highest BCUT2D eigenvalue weighted by Gasteiger charge is 2.53. The van der Waals surface area contributed by atoms with Crippen LogP contribution in [0.15, 0.2) is 30.9 Å². The van der Waals surface area contributed by atoms with Crippen molar-refractivity contribution >= 4 is 17.5 Å². The van der Waals surface area contributed by atoms with E-state index in [1.807, 2.05) is 6.07 Å². The molecule has 1 aromatic rings. The minimum absolute atomic E-state index is 0.0498. The highest BCUT2D eigenvalue weighted by Crippen LogP contribution is 2.51. The molecule has 0 radical (unpaired) electrons. The van der Waals surface area contributed by atoms with Crippen LogP contribution in [0, 0.1) is 5.41 Å². The van der Waals surface area contributed by atoms with Gasteiger partial charge >= 0.3 is 0 Å². The van der Waals surface area contributed by atoms with Gasteiger partial charge in [0.2, 0.25) is 5.91 Å². The minimum Gasteiger partial charge on any atom is -0.375 e. The molecule has 2 N–H and O–H groups in total. The Labute approximate surface area is 196 Å². The van der Waals surface area contributed by atoms with Gasteiger partial charge in [0, 0.05) is 43.3 Å². The lowest BCUT2D eigenvalue weighted by molar-refractivity contribution is -0.129. The number of benzene rings is 1. The molecule has 1 saturated carbocycles. The van der Waals surface area contributed by atoms with Gasteiger partial charge in [0.15, 0.2) is 0 Å². The second kappa shape index (κ2) is 9.11. The Kier molecular flexibility index (Phi) is 6.18. The fraction of sp³-hybridized carbons (Fsp3) is 0.615. The maximum atomic E-state index is 13.0. The zero-order valence-electron chi connectivity index (χ0n) is 19.6. The Balaban J connectivity index is 1.18. The fourth-order valence-electron chi connectivity index (χ4n) is 6.06. The lowest BCUT2D eigenvalue weighted by Crippen LogP contribution is -2.64. The molecule has 3 heterocycles. The number of carbonyl (C=O) groups is 2. The number of fused-ring (bicyclic) bond motifs is 1. The van der Waals surface area contributed by atoms with Crippen molar-refractivity contribution in [3.63, 3.8) is 0 Å². The van der Waals surface area contributed by atoms with E-state index in [1.165, 1.54) is 18.5 Å². The maximum Gasteiger partial charge on any atom is 0.255 e. The molecule has 2 amide bonds. The SMILES string of the molecule is C=CCCC(C(=O)NC)N1Cc2cc(N3CC4(CC(OC5CCNCC5)C4)C3)ccc2C1=O. The second-order valence-electron chi connectivity index (χ2n) is 10.2. The topological polar surface area (TPSA) is 73.9 Å².